The summed E-state index contributed by atoms with van der Waals surface area (Å²) in [4.78, 5) is -0.0137. The predicted molar refractivity (Wildman–Crippen MR) is 92.0 cm³/mol. The number of hydrogen-bond acceptors (Lipinski definition) is 4. The number of nitrogens with one attached hydrogen (secondary N) is 1. The zero-order chi connectivity index (χ0) is 17.8. The van der Waals surface area contributed by atoms with E-state index in [1.54, 1.807) is 36.4 Å². The molecule has 0 atom stereocenters. The lowest BCUT2D eigenvalue weighted by Crippen LogP contribution is -2.24. The fraction of sp³-hybridized carbons (Fsp3) is 0.278. The third-order valence-electron chi connectivity index (χ3n) is 3.11. The Labute approximate surface area is 142 Å². The second-order valence-electron chi connectivity index (χ2n) is 6.29. The van der Waals surface area contributed by atoms with Gasteiger partial charge in [-0.05, 0) is 50.6 Å². The number of sulfonamides is 1. The second-order valence-corrected chi connectivity index (χ2v) is 8.03. The van der Waals surface area contributed by atoms with Crippen LogP contribution in [0, 0.1) is 11.3 Å². The number of nitriles is 1. The molecule has 0 aliphatic rings. The largest absolute Gasteiger partial charge is 0.488 e. The third kappa shape index (κ3) is 4.82. The summed E-state index contributed by atoms with van der Waals surface area (Å²) < 4.78 is 32.9. The first kappa shape index (κ1) is 18.0. The van der Waals surface area contributed by atoms with E-state index in [2.05, 4.69) is 4.72 Å². The molecular formula is C18H20N2O3S. The highest BCUT2D eigenvalue weighted by Gasteiger charge is 2.18. The summed E-state index contributed by atoms with van der Waals surface area (Å²) in [6.45, 7) is 6.02. The smallest absolute Gasteiger partial charge is 0.242 e. The third-order valence-corrected chi connectivity index (χ3v) is 4.57. The van der Waals surface area contributed by atoms with Crippen LogP contribution in [0.1, 0.15) is 31.9 Å². The minimum atomic E-state index is -3.74. The molecular weight excluding hydrogens is 324 g/mol. The monoisotopic (exact) mass is 344 g/mol. The van der Waals surface area contributed by atoms with Gasteiger partial charge in [0.15, 0.2) is 0 Å². The van der Waals surface area contributed by atoms with Crippen molar-refractivity contribution in [2.75, 3.05) is 0 Å². The molecule has 24 heavy (non-hydrogen) atoms. The van der Waals surface area contributed by atoms with Crippen LogP contribution in [0.5, 0.6) is 5.75 Å². The highest BCUT2D eigenvalue weighted by molar-refractivity contribution is 7.89. The van der Waals surface area contributed by atoms with Gasteiger partial charge in [0.2, 0.25) is 10.0 Å². The Balaban J connectivity index is 2.09. The Hall–Kier alpha value is -2.36. The number of ether oxygens (including phenoxy) is 1. The molecule has 0 heterocycles. The van der Waals surface area contributed by atoms with Crippen molar-refractivity contribution in [2.45, 2.75) is 37.8 Å². The van der Waals surface area contributed by atoms with Crippen LogP contribution in [0.4, 0.5) is 0 Å². The van der Waals surface area contributed by atoms with Crippen LogP contribution in [-0.2, 0) is 16.6 Å². The summed E-state index contributed by atoms with van der Waals surface area (Å²) in [6, 6.07) is 15.2. The molecule has 6 heteroatoms. The number of hydrogen-bond donors (Lipinski definition) is 1. The zero-order valence-electron chi connectivity index (χ0n) is 13.9. The maximum atomic E-state index is 12.4. The van der Waals surface area contributed by atoms with Crippen molar-refractivity contribution in [1.82, 2.24) is 4.72 Å². The molecule has 0 radical (unpaired) electrons. The van der Waals surface area contributed by atoms with Crippen molar-refractivity contribution in [3.8, 4) is 11.8 Å². The fourth-order valence-electron chi connectivity index (χ4n) is 2.08. The van der Waals surface area contributed by atoms with Crippen LogP contribution < -0.4 is 9.46 Å². The molecule has 2 aromatic rings. The minimum absolute atomic E-state index is 0.0137. The lowest BCUT2D eigenvalue weighted by Gasteiger charge is -2.21. The van der Waals surface area contributed by atoms with Gasteiger partial charge < -0.3 is 4.74 Å². The minimum Gasteiger partial charge on any atom is -0.488 e. The number of nitrogens with zero attached hydrogens (tertiary/aromatic N) is 1. The van der Waals surface area contributed by atoms with Crippen LogP contribution in [0.3, 0.4) is 0 Å². The molecule has 2 rings (SSSR count). The summed E-state index contributed by atoms with van der Waals surface area (Å²) in [7, 11) is -3.74. The average Bonchev–Trinajstić information content (AvgIpc) is 2.53. The van der Waals surface area contributed by atoms with Crippen LogP contribution in [-0.4, -0.2) is 14.0 Å². The molecule has 126 valence electrons. The molecule has 0 saturated heterocycles. The maximum Gasteiger partial charge on any atom is 0.242 e. The molecule has 0 unspecified atom stereocenters. The highest BCUT2D eigenvalue weighted by atomic mass is 32.2. The van der Waals surface area contributed by atoms with E-state index in [0.717, 1.165) is 11.3 Å². The highest BCUT2D eigenvalue weighted by Crippen LogP contribution is 2.19. The van der Waals surface area contributed by atoms with Crippen molar-refractivity contribution >= 4 is 10.0 Å². The maximum absolute atomic E-state index is 12.4. The van der Waals surface area contributed by atoms with Gasteiger partial charge in [-0.1, -0.05) is 24.3 Å². The Bertz CT molecular complexity index is 845. The summed E-state index contributed by atoms with van der Waals surface area (Å²) in [5.41, 5.74) is 0.637. The van der Waals surface area contributed by atoms with Crippen LogP contribution in [0.2, 0.25) is 0 Å². The molecule has 0 fully saturated rings. The quantitative estimate of drug-likeness (QED) is 0.903. The molecule has 0 saturated carbocycles. The van der Waals surface area contributed by atoms with E-state index in [4.69, 9.17) is 10.00 Å². The molecule has 5 nitrogen and oxygen atoms in total. The first-order valence-corrected chi connectivity index (χ1v) is 8.96. The molecule has 0 aliphatic carbocycles. The van der Waals surface area contributed by atoms with E-state index in [0.29, 0.717) is 0 Å². The number of rotatable bonds is 5. The van der Waals surface area contributed by atoms with Gasteiger partial charge in [-0.3, -0.25) is 0 Å². The predicted octanol–water partition coefficient (Wildman–Crippen LogP) is 3.21. The second kappa shape index (κ2) is 7.04. The van der Waals surface area contributed by atoms with Gasteiger partial charge in [0, 0.05) is 6.54 Å². The van der Waals surface area contributed by atoms with Crippen LogP contribution in [0.15, 0.2) is 53.4 Å². The van der Waals surface area contributed by atoms with Crippen molar-refractivity contribution in [3.05, 3.63) is 59.7 Å². The van der Waals surface area contributed by atoms with Gasteiger partial charge in [0.25, 0.3) is 0 Å². The summed E-state index contributed by atoms with van der Waals surface area (Å²) in [6.07, 6.45) is 0. The fourth-order valence-corrected chi connectivity index (χ4v) is 3.25. The molecule has 0 aromatic heterocycles. The first-order chi connectivity index (χ1) is 11.2. The normalized spacial score (nSPS) is 11.8. The molecule has 0 amide bonds. The van der Waals surface area contributed by atoms with E-state index in [1.807, 2.05) is 26.8 Å². The Morgan fingerprint density at radius 2 is 1.71 bits per heavy atom. The van der Waals surface area contributed by atoms with E-state index in [1.165, 1.54) is 12.1 Å². The molecule has 2 aromatic carbocycles. The van der Waals surface area contributed by atoms with Gasteiger partial charge >= 0.3 is 0 Å². The van der Waals surface area contributed by atoms with Gasteiger partial charge in [-0.25, -0.2) is 13.1 Å². The Morgan fingerprint density at radius 3 is 2.29 bits per heavy atom. The van der Waals surface area contributed by atoms with Gasteiger partial charge in [0.1, 0.15) is 17.4 Å². The van der Waals surface area contributed by atoms with Gasteiger partial charge in [-0.15, -0.1) is 0 Å². The molecule has 0 aliphatic heterocycles. The summed E-state index contributed by atoms with van der Waals surface area (Å²) in [5.74, 6) is 0.726. The van der Waals surface area contributed by atoms with Crippen molar-refractivity contribution in [1.29, 1.82) is 5.26 Å². The van der Waals surface area contributed by atoms with Crippen molar-refractivity contribution in [3.63, 3.8) is 0 Å². The van der Waals surface area contributed by atoms with Crippen molar-refractivity contribution < 1.29 is 13.2 Å². The zero-order valence-corrected chi connectivity index (χ0v) is 14.7. The topological polar surface area (TPSA) is 79.2 Å². The Kier molecular flexibility index (Phi) is 5.27. The SMILES string of the molecule is CC(C)(C)Oc1ccc(CNS(=O)(=O)c2ccccc2C#N)cc1. The van der Waals surface area contributed by atoms with Gasteiger partial charge in [-0.2, -0.15) is 5.26 Å². The molecule has 1 N–H and O–H groups in total. The van der Waals surface area contributed by atoms with E-state index < -0.39 is 10.0 Å². The summed E-state index contributed by atoms with van der Waals surface area (Å²) in [5, 5.41) is 9.03. The van der Waals surface area contributed by atoms with E-state index in [9.17, 15) is 8.42 Å². The van der Waals surface area contributed by atoms with Crippen LogP contribution >= 0.6 is 0 Å². The lowest BCUT2D eigenvalue weighted by atomic mass is 10.2. The molecule has 0 spiro atoms. The van der Waals surface area contributed by atoms with E-state index in [-0.39, 0.29) is 22.6 Å². The van der Waals surface area contributed by atoms with E-state index >= 15 is 0 Å². The number of benzene rings is 2. The standard InChI is InChI=1S/C18H20N2O3S/c1-18(2,3)23-16-10-8-14(9-11-16)13-20-24(21,22)17-7-5-4-6-15(17)12-19/h4-11,20H,13H2,1-3H3. The Morgan fingerprint density at radius 1 is 1.08 bits per heavy atom. The molecule has 0 bridgehead atoms. The lowest BCUT2D eigenvalue weighted by molar-refractivity contribution is 0.131. The van der Waals surface area contributed by atoms with Crippen LogP contribution in [0.25, 0.3) is 0 Å². The average molecular weight is 344 g/mol. The summed E-state index contributed by atoms with van der Waals surface area (Å²) >= 11 is 0. The first-order valence-electron chi connectivity index (χ1n) is 7.48. The van der Waals surface area contributed by atoms with Gasteiger partial charge in [0.05, 0.1) is 10.5 Å². The van der Waals surface area contributed by atoms with Crippen molar-refractivity contribution in [2.24, 2.45) is 0 Å².